The van der Waals surface area contributed by atoms with E-state index in [1.165, 1.54) is 5.56 Å². The number of aliphatic hydroxyl groups is 1. The second kappa shape index (κ2) is 5.26. The lowest BCUT2D eigenvalue weighted by Gasteiger charge is -2.29. The molecule has 0 saturated carbocycles. The maximum Gasteiger partial charge on any atom is 0.0817 e. The number of hydrogen-bond acceptors (Lipinski definition) is 3. The van der Waals surface area contributed by atoms with Gasteiger partial charge in [0.05, 0.1) is 6.10 Å². The number of aliphatic hydroxyl groups excluding tert-OH is 1. The highest BCUT2D eigenvalue weighted by molar-refractivity contribution is 5.14. The van der Waals surface area contributed by atoms with Gasteiger partial charge in [-0.1, -0.05) is 30.3 Å². The molecule has 0 aliphatic carbocycles. The molecular formula is C12H18N2O. The fraction of sp³-hybridized carbons (Fsp3) is 0.500. The molecule has 0 unspecified atom stereocenters. The van der Waals surface area contributed by atoms with E-state index in [9.17, 15) is 5.11 Å². The molecular weight excluding hydrogens is 188 g/mol. The third kappa shape index (κ3) is 3.02. The third-order valence-electron chi connectivity index (χ3n) is 2.86. The Morgan fingerprint density at radius 3 is 2.87 bits per heavy atom. The summed E-state index contributed by atoms with van der Waals surface area (Å²) < 4.78 is 0. The highest BCUT2D eigenvalue weighted by Crippen LogP contribution is 2.05. The maximum absolute atomic E-state index is 9.72. The zero-order chi connectivity index (χ0) is 10.5. The van der Waals surface area contributed by atoms with Crippen LogP contribution in [0.5, 0.6) is 0 Å². The molecule has 2 atom stereocenters. The van der Waals surface area contributed by atoms with Crippen LogP contribution >= 0.6 is 0 Å². The van der Waals surface area contributed by atoms with Gasteiger partial charge in [0.2, 0.25) is 0 Å². The van der Waals surface area contributed by atoms with Crippen LogP contribution in [0, 0.1) is 0 Å². The van der Waals surface area contributed by atoms with Gasteiger partial charge in [-0.15, -0.1) is 0 Å². The Morgan fingerprint density at radius 2 is 2.13 bits per heavy atom. The summed E-state index contributed by atoms with van der Waals surface area (Å²) >= 11 is 0. The topological polar surface area (TPSA) is 44.3 Å². The minimum Gasteiger partial charge on any atom is -0.390 e. The summed E-state index contributed by atoms with van der Waals surface area (Å²) in [6.45, 7) is 2.53. The zero-order valence-electron chi connectivity index (χ0n) is 8.82. The average Bonchev–Trinajstić information content (AvgIpc) is 2.29. The lowest BCUT2D eigenvalue weighted by molar-refractivity contribution is 0.102. The molecule has 1 aromatic carbocycles. The van der Waals surface area contributed by atoms with Crippen LogP contribution < -0.4 is 10.6 Å². The second-order valence-electron chi connectivity index (χ2n) is 4.03. The van der Waals surface area contributed by atoms with Crippen LogP contribution in [0.2, 0.25) is 0 Å². The Balaban J connectivity index is 1.82. The van der Waals surface area contributed by atoms with Crippen molar-refractivity contribution in [2.75, 3.05) is 13.1 Å². The van der Waals surface area contributed by atoms with Crippen molar-refractivity contribution in [2.24, 2.45) is 0 Å². The zero-order valence-corrected chi connectivity index (χ0v) is 8.82. The van der Waals surface area contributed by atoms with E-state index >= 15 is 0 Å². The van der Waals surface area contributed by atoms with E-state index < -0.39 is 0 Å². The molecule has 3 heteroatoms. The van der Waals surface area contributed by atoms with Crippen LogP contribution in [-0.2, 0) is 6.54 Å². The van der Waals surface area contributed by atoms with Crippen molar-refractivity contribution in [3.8, 4) is 0 Å². The summed E-state index contributed by atoms with van der Waals surface area (Å²) in [4.78, 5) is 0. The molecule has 1 heterocycles. The molecule has 3 nitrogen and oxygen atoms in total. The number of β-amino-alcohol motifs (C(OH)–C–C–N with tert-alkyl or cyclic N) is 1. The summed E-state index contributed by atoms with van der Waals surface area (Å²) in [5.74, 6) is 0. The van der Waals surface area contributed by atoms with E-state index in [-0.39, 0.29) is 12.1 Å². The lowest BCUT2D eigenvalue weighted by Crippen LogP contribution is -2.50. The number of piperidine rings is 1. The van der Waals surface area contributed by atoms with E-state index in [0.29, 0.717) is 6.54 Å². The van der Waals surface area contributed by atoms with Crippen LogP contribution in [0.4, 0.5) is 0 Å². The Kier molecular flexibility index (Phi) is 3.72. The molecule has 1 aliphatic heterocycles. The Morgan fingerprint density at radius 1 is 1.33 bits per heavy atom. The molecule has 0 aromatic heterocycles. The van der Waals surface area contributed by atoms with Crippen molar-refractivity contribution in [1.82, 2.24) is 10.6 Å². The summed E-state index contributed by atoms with van der Waals surface area (Å²) in [6.07, 6.45) is 0.732. The quantitative estimate of drug-likeness (QED) is 0.675. The molecule has 1 aliphatic rings. The van der Waals surface area contributed by atoms with E-state index in [1.807, 2.05) is 18.2 Å². The normalized spacial score (nSPS) is 26.5. The minimum absolute atomic E-state index is 0.228. The molecule has 82 valence electrons. The first kappa shape index (κ1) is 10.6. The molecule has 0 radical (unpaired) electrons. The van der Waals surface area contributed by atoms with Crippen molar-refractivity contribution >= 4 is 0 Å². The monoisotopic (exact) mass is 206 g/mol. The van der Waals surface area contributed by atoms with Gasteiger partial charge >= 0.3 is 0 Å². The van der Waals surface area contributed by atoms with E-state index in [1.54, 1.807) is 0 Å². The highest BCUT2D eigenvalue weighted by Gasteiger charge is 2.21. The van der Waals surface area contributed by atoms with Gasteiger partial charge in [-0.2, -0.15) is 0 Å². The van der Waals surface area contributed by atoms with Gasteiger partial charge in [0.25, 0.3) is 0 Å². The summed E-state index contributed by atoms with van der Waals surface area (Å²) in [6, 6.07) is 10.5. The van der Waals surface area contributed by atoms with E-state index in [4.69, 9.17) is 0 Å². The van der Waals surface area contributed by atoms with Gasteiger partial charge in [-0.25, -0.2) is 0 Å². The van der Waals surface area contributed by atoms with Gasteiger partial charge in [-0.3, -0.25) is 0 Å². The van der Waals surface area contributed by atoms with Crippen molar-refractivity contribution in [2.45, 2.75) is 25.1 Å². The molecule has 0 amide bonds. The molecule has 0 spiro atoms. The second-order valence-corrected chi connectivity index (χ2v) is 4.03. The standard InChI is InChI=1S/C12H18N2O/c15-12-9-13-7-6-11(12)14-8-10-4-2-1-3-5-10/h1-5,11-15H,6-9H2/t11-,12-/m1/s1. The fourth-order valence-electron chi connectivity index (χ4n) is 1.93. The predicted octanol–water partition coefficient (Wildman–Crippen LogP) is 0.499. The average molecular weight is 206 g/mol. The molecule has 1 saturated heterocycles. The third-order valence-corrected chi connectivity index (χ3v) is 2.86. The van der Waals surface area contributed by atoms with Crippen molar-refractivity contribution in [3.05, 3.63) is 35.9 Å². The molecule has 1 fully saturated rings. The minimum atomic E-state index is -0.262. The first-order chi connectivity index (χ1) is 7.36. The van der Waals surface area contributed by atoms with Gasteiger partial charge in [0, 0.05) is 19.1 Å². The lowest BCUT2D eigenvalue weighted by atomic mass is 10.0. The molecule has 1 aromatic rings. The number of benzene rings is 1. The fourth-order valence-corrected chi connectivity index (χ4v) is 1.93. The summed E-state index contributed by atoms with van der Waals surface area (Å²) in [5, 5.41) is 16.3. The van der Waals surface area contributed by atoms with E-state index in [0.717, 1.165) is 19.5 Å². The van der Waals surface area contributed by atoms with Crippen LogP contribution in [0.15, 0.2) is 30.3 Å². The van der Waals surface area contributed by atoms with Crippen molar-refractivity contribution in [3.63, 3.8) is 0 Å². The van der Waals surface area contributed by atoms with Crippen LogP contribution in [0.1, 0.15) is 12.0 Å². The smallest absolute Gasteiger partial charge is 0.0817 e. The SMILES string of the molecule is O[C@@H]1CNCC[C@H]1NCc1ccccc1. The number of hydrogen-bond donors (Lipinski definition) is 3. The van der Waals surface area contributed by atoms with Crippen LogP contribution in [-0.4, -0.2) is 30.3 Å². The highest BCUT2D eigenvalue weighted by atomic mass is 16.3. The Labute approximate surface area is 90.5 Å². The number of nitrogens with one attached hydrogen (secondary N) is 2. The largest absolute Gasteiger partial charge is 0.390 e. The Hall–Kier alpha value is -0.900. The van der Waals surface area contributed by atoms with Crippen molar-refractivity contribution in [1.29, 1.82) is 0 Å². The predicted molar refractivity (Wildman–Crippen MR) is 60.6 cm³/mol. The van der Waals surface area contributed by atoms with Gasteiger partial charge in [0.15, 0.2) is 0 Å². The molecule has 15 heavy (non-hydrogen) atoms. The van der Waals surface area contributed by atoms with Gasteiger partial charge in [-0.05, 0) is 18.5 Å². The molecule has 2 rings (SSSR count). The molecule has 3 N–H and O–H groups in total. The maximum atomic E-state index is 9.72. The van der Waals surface area contributed by atoms with Crippen LogP contribution in [0.3, 0.4) is 0 Å². The summed E-state index contributed by atoms with van der Waals surface area (Å²) in [5.41, 5.74) is 1.27. The van der Waals surface area contributed by atoms with Crippen LogP contribution in [0.25, 0.3) is 0 Å². The van der Waals surface area contributed by atoms with Gasteiger partial charge in [0.1, 0.15) is 0 Å². The first-order valence-electron chi connectivity index (χ1n) is 5.52. The first-order valence-corrected chi connectivity index (χ1v) is 5.52. The Bertz CT molecular complexity index is 289. The van der Waals surface area contributed by atoms with Gasteiger partial charge < -0.3 is 15.7 Å². The van der Waals surface area contributed by atoms with Crippen molar-refractivity contribution < 1.29 is 5.11 Å². The van der Waals surface area contributed by atoms with E-state index in [2.05, 4.69) is 22.8 Å². The molecule has 0 bridgehead atoms. The number of rotatable bonds is 3. The summed E-state index contributed by atoms with van der Waals surface area (Å²) in [7, 11) is 0.